The van der Waals surface area contributed by atoms with E-state index in [0.29, 0.717) is 20.6 Å². The lowest BCUT2D eigenvalue weighted by Crippen LogP contribution is -2.23. The van der Waals surface area contributed by atoms with Crippen molar-refractivity contribution < 1.29 is 45.5 Å². The minimum absolute atomic E-state index is 0.0127. The van der Waals surface area contributed by atoms with Crippen LogP contribution in [0.2, 0.25) is 10.0 Å². The lowest BCUT2D eigenvalue weighted by atomic mass is 10.1. The molecule has 0 aliphatic carbocycles. The van der Waals surface area contributed by atoms with Gasteiger partial charge in [0, 0.05) is 26.5 Å². The molecule has 0 unspecified atom stereocenters. The fraction of sp³-hybridized carbons (Fsp3) is 0.182. The number of alkyl halides is 6. The third-order valence-corrected chi connectivity index (χ3v) is 10.9. The summed E-state index contributed by atoms with van der Waals surface area (Å²) in [6.07, 6.45) is -6.80. The van der Waals surface area contributed by atoms with Gasteiger partial charge in [0.05, 0.1) is 63.6 Å². The summed E-state index contributed by atoms with van der Waals surface area (Å²) < 4.78 is 81.0. The molecule has 8 aromatic rings. The van der Waals surface area contributed by atoms with Gasteiger partial charge in [-0.05, 0) is 89.1 Å². The number of nitrogens with one attached hydrogen (secondary N) is 4. The third-order valence-electron chi connectivity index (χ3n) is 10.3. The Kier molecular flexibility index (Phi) is 15.8. The van der Waals surface area contributed by atoms with Crippen LogP contribution in [0, 0.1) is 27.0 Å². The third kappa shape index (κ3) is 11.9. The van der Waals surface area contributed by atoms with Gasteiger partial charge in [-0.15, -0.1) is 15.3 Å². The number of amides is 4. The van der Waals surface area contributed by atoms with Crippen LogP contribution >= 0.6 is 23.2 Å². The molecule has 0 saturated carbocycles. The number of benzene rings is 2. The van der Waals surface area contributed by atoms with Gasteiger partial charge in [0.25, 0.3) is 35.3 Å². The van der Waals surface area contributed by atoms with E-state index in [0.717, 1.165) is 9.36 Å². The number of carbonyl (C=O) groups is 4. The van der Waals surface area contributed by atoms with Crippen LogP contribution in [-0.4, -0.2) is 108 Å². The molecule has 6 aromatic heterocycles. The van der Waals surface area contributed by atoms with Crippen molar-refractivity contribution in [1.29, 1.82) is 0 Å². The molecular formula is C44H32Cl2F6N20O4. The van der Waals surface area contributed by atoms with Crippen LogP contribution in [-0.2, 0) is 25.4 Å². The van der Waals surface area contributed by atoms with Crippen molar-refractivity contribution in [1.82, 2.24) is 80.6 Å². The maximum atomic E-state index is 13.5. The van der Waals surface area contributed by atoms with E-state index in [1.54, 1.807) is 26.0 Å². The van der Waals surface area contributed by atoms with Gasteiger partial charge >= 0.3 is 12.4 Å². The zero-order chi connectivity index (χ0) is 55.2. The molecule has 0 saturated heterocycles. The Morgan fingerprint density at radius 1 is 0.632 bits per heavy atom. The minimum atomic E-state index is -4.82. The molecule has 0 aliphatic heterocycles. The van der Waals surface area contributed by atoms with Crippen molar-refractivity contribution in [3.05, 3.63) is 163 Å². The van der Waals surface area contributed by atoms with E-state index in [1.165, 1.54) is 75.0 Å². The Bertz CT molecular complexity index is 3650. The Morgan fingerprint density at radius 2 is 1.11 bits per heavy atom. The zero-order valence-electron chi connectivity index (χ0n) is 39.2. The number of hydrogen-bond acceptors (Lipinski definition) is 14. The molecule has 8 rings (SSSR count). The van der Waals surface area contributed by atoms with Gasteiger partial charge in [0.2, 0.25) is 0 Å². The van der Waals surface area contributed by atoms with Gasteiger partial charge in [0.15, 0.2) is 23.0 Å². The van der Waals surface area contributed by atoms with Crippen molar-refractivity contribution >= 4 is 69.6 Å². The van der Waals surface area contributed by atoms with Crippen LogP contribution in [0.5, 0.6) is 0 Å². The van der Waals surface area contributed by atoms with Crippen LogP contribution in [0.25, 0.3) is 21.3 Å². The molecule has 0 spiro atoms. The average molecular weight is 1090 g/mol. The molecule has 24 nitrogen and oxygen atoms in total. The molecule has 4 amide bonds. The minimum Gasteiger partial charge on any atom is -0.355 e. The number of pyridine rings is 2. The van der Waals surface area contributed by atoms with Crippen LogP contribution in [0.15, 0.2) is 73.1 Å². The van der Waals surface area contributed by atoms with Crippen LogP contribution in [0.4, 0.5) is 49.1 Å². The highest BCUT2D eigenvalue weighted by molar-refractivity contribution is 6.32. The molecule has 0 fully saturated rings. The number of halogens is 8. The molecule has 0 atom stereocenters. The summed E-state index contributed by atoms with van der Waals surface area (Å²) in [4.78, 5) is 67.5. The first kappa shape index (κ1) is 54.1. The predicted octanol–water partition coefficient (Wildman–Crippen LogP) is 6.89. The molecule has 0 aliphatic rings. The normalized spacial score (nSPS) is 11.2. The quantitative estimate of drug-likeness (QED) is 0.0717. The molecule has 0 radical (unpaired) electrons. The summed E-state index contributed by atoms with van der Waals surface area (Å²) >= 11 is 12.5. The molecule has 4 N–H and O–H groups in total. The smallest absolute Gasteiger partial charge is 0.355 e. The van der Waals surface area contributed by atoms with Gasteiger partial charge in [-0.3, -0.25) is 19.2 Å². The molecule has 32 heteroatoms. The van der Waals surface area contributed by atoms with Crippen molar-refractivity contribution in [2.75, 3.05) is 24.7 Å². The second kappa shape index (κ2) is 22.2. The second-order valence-electron chi connectivity index (χ2n) is 15.4. The number of tetrazole rings is 2. The van der Waals surface area contributed by atoms with Crippen molar-refractivity contribution in [3.8, 4) is 11.6 Å². The molecular weight excluding hydrogens is 1060 g/mol. The van der Waals surface area contributed by atoms with Crippen LogP contribution < -0.4 is 21.3 Å². The lowest BCUT2D eigenvalue weighted by molar-refractivity contribution is -0.148. The summed E-state index contributed by atoms with van der Waals surface area (Å²) in [5.74, 6) is -5.27. The molecule has 0 bridgehead atoms. The topological polar surface area (TPSA) is 274 Å². The number of rotatable bonds is 12. The number of aryl methyl sites for hydroxylation is 2. The maximum absolute atomic E-state index is 13.5. The Hall–Kier alpha value is -9.68. The number of hydrogen-bond donors (Lipinski definition) is 4. The van der Waals surface area contributed by atoms with E-state index in [2.05, 4.69) is 82.1 Å². The van der Waals surface area contributed by atoms with Gasteiger partial charge in [0.1, 0.15) is 17.9 Å². The fourth-order valence-electron chi connectivity index (χ4n) is 6.94. The second-order valence-corrected chi connectivity index (χ2v) is 16.3. The zero-order valence-corrected chi connectivity index (χ0v) is 40.7. The molecule has 388 valence electrons. The summed E-state index contributed by atoms with van der Waals surface area (Å²) in [5, 5.41) is 38.1. The first-order valence-corrected chi connectivity index (χ1v) is 22.0. The van der Waals surface area contributed by atoms with E-state index in [9.17, 15) is 45.5 Å². The van der Waals surface area contributed by atoms with Crippen molar-refractivity contribution in [2.45, 2.75) is 39.3 Å². The summed E-state index contributed by atoms with van der Waals surface area (Å²) in [6.45, 7) is 16.8. The van der Waals surface area contributed by atoms with E-state index in [-0.39, 0.29) is 84.9 Å². The largest absolute Gasteiger partial charge is 0.455 e. The van der Waals surface area contributed by atoms with E-state index in [4.69, 9.17) is 36.3 Å². The monoisotopic (exact) mass is 1090 g/mol. The molecule has 2 aromatic carbocycles. The van der Waals surface area contributed by atoms with E-state index >= 15 is 0 Å². The highest BCUT2D eigenvalue weighted by Gasteiger charge is 2.39. The van der Waals surface area contributed by atoms with Gasteiger partial charge < -0.3 is 21.3 Å². The van der Waals surface area contributed by atoms with Crippen LogP contribution in [0.1, 0.15) is 75.9 Å². The number of nitrogens with zero attached hydrogens (tertiary/aromatic N) is 16. The summed E-state index contributed by atoms with van der Waals surface area (Å²) in [6, 6.07) is 14.3. The summed E-state index contributed by atoms with van der Waals surface area (Å²) in [5.41, 5.74) is 1.45. The van der Waals surface area contributed by atoms with Gasteiger partial charge in [-0.2, -0.15) is 41.3 Å². The first-order chi connectivity index (χ1) is 36.0. The standard InChI is InChI=1S/2C22H16ClF3N10O2/c1-11-7-12(27-2)8-14(19(37)28-3)17(11)30-20(38)16-9-13(10-35-21(22(24,25)26)31-33-34-35)32-36(16)18-15(23)5-4-6-29-18;1-11-7-12(27-2)8-14(19(37)28-3)17(11)30-20(38)16-9-13(10-35-33-21(31-34-35)22(24,25)26)32-36(16)18-15(23)5-4-6-29-18/h2*4-9H,10H2,1,3H3,(H,28,37)(H,30,38). The van der Waals surface area contributed by atoms with E-state index < -0.39 is 54.2 Å². The van der Waals surface area contributed by atoms with Crippen LogP contribution in [0.3, 0.4) is 0 Å². The van der Waals surface area contributed by atoms with E-state index in [1.807, 2.05) is 0 Å². The SMILES string of the molecule is [C-]#[N+]c1cc(C)c(NC(=O)c2cc(Cn3nnc(C(F)(F)F)n3)nn2-c2ncccc2Cl)c(C(=O)NC)c1.[C-]#[N+]c1cc(C)c(NC(=O)c2cc(Cn3nnnc3C(F)(F)F)nn2-c2ncccc2Cl)c(C(=O)NC)c1. The Morgan fingerprint density at radius 3 is 1.51 bits per heavy atom. The number of carbonyl (C=O) groups excluding carboxylic acids is 4. The number of anilines is 2. The Balaban J connectivity index is 0.000000221. The Labute approximate surface area is 432 Å². The van der Waals surface area contributed by atoms with Crippen molar-refractivity contribution in [3.63, 3.8) is 0 Å². The fourth-order valence-corrected chi connectivity index (χ4v) is 7.35. The lowest BCUT2D eigenvalue weighted by Gasteiger charge is -2.15. The van der Waals surface area contributed by atoms with Gasteiger partial charge in [-0.25, -0.2) is 33.7 Å². The highest BCUT2D eigenvalue weighted by atomic mass is 35.5. The first-order valence-electron chi connectivity index (χ1n) is 21.2. The predicted molar refractivity (Wildman–Crippen MR) is 254 cm³/mol. The van der Waals surface area contributed by atoms with Gasteiger partial charge in [-0.1, -0.05) is 35.3 Å². The maximum Gasteiger partial charge on any atom is 0.455 e. The number of aromatic nitrogens is 14. The summed E-state index contributed by atoms with van der Waals surface area (Å²) in [7, 11) is 2.80. The molecule has 76 heavy (non-hydrogen) atoms. The average Bonchev–Trinajstić information content (AvgIpc) is 4.24. The highest BCUT2D eigenvalue weighted by Crippen LogP contribution is 2.32. The van der Waals surface area contributed by atoms with Crippen molar-refractivity contribution in [2.24, 2.45) is 0 Å². The molecule has 6 heterocycles.